The van der Waals surface area contributed by atoms with E-state index in [0.29, 0.717) is 28.1 Å². The summed E-state index contributed by atoms with van der Waals surface area (Å²) in [5, 5.41) is 6.41. The fraction of sp³-hybridized carbons (Fsp3) is 0.190. The van der Waals surface area contributed by atoms with Crippen molar-refractivity contribution in [3.05, 3.63) is 70.6 Å². The first-order valence-electron chi connectivity index (χ1n) is 8.85. The van der Waals surface area contributed by atoms with E-state index >= 15 is 0 Å². The number of nitrogens with zero attached hydrogens (tertiary/aromatic N) is 2. The lowest BCUT2D eigenvalue weighted by molar-refractivity contribution is 0.102. The van der Waals surface area contributed by atoms with E-state index in [1.807, 2.05) is 12.1 Å². The molecule has 0 unspecified atom stereocenters. The Bertz CT molecular complexity index is 990. The number of carbonyl (C=O) groups excluding carboxylic acids is 1. The normalized spacial score (nSPS) is 10.4. The van der Waals surface area contributed by atoms with Crippen LogP contribution >= 0.6 is 11.6 Å². The predicted molar refractivity (Wildman–Crippen MR) is 112 cm³/mol. The summed E-state index contributed by atoms with van der Waals surface area (Å²) in [6.45, 7) is 3.85. The Hall–Kier alpha value is -3.12. The number of ether oxygens (including phenoxy) is 1. The van der Waals surface area contributed by atoms with Gasteiger partial charge >= 0.3 is 0 Å². The molecule has 1 amide bonds. The van der Waals surface area contributed by atoms with Crippen LogP contribution in [0.3, 0.4) is 0 Å². The number of amides is 1. The zero-order valence-corrected chi connectivity index (χ0v) is 16.7. The van der Waals surface area contributed by atoms with Gasteiger partial charge in [0.15, 0.2) is 0 Å². The van der Waals surface area contributed by atoms with Gasteiger partial charge in [-0.3, -0.25) is 4.79 Å². The standard InChI is InChI=1S/C21H21ClN4O2/c1-4-14-5-7-15(8-6-14)25-20-12-18(23-13(2)24-20)21(27)26-16-9-10-19(28-3)17(22)11-16/h5-12H,4H2,1-3H3,(H,26,27)(H,23,24,25). The topological polar surface area (TPSA) is 76.1 Å². The highest BCUT2D eigenvalue weighted by Gasteiger charge is 2.12. The second-order valence-electron chi connectivity index (χ2n) is 6.16. The third-order valence-corrected chi connectivity index (χ3v) is 4.41. The minimum absolute atomic E-state index is 0.257. The average molecular weight is 397 g/mol. The second-order valence-corrected chi connectivity index (χ2v) is 6.57. The van der Waals surface area contributed by atoms with Gasteiger partial charge in [0.25, 0.3) is 5.91 Å². The quantitative estimate of drug-likeness (QED) is 0.612. The molecular formula is C21H21ClN4O2. The van der Waals surface area contributed by atoms with E-state index < -0.39 is 0 Å². The van der Waals surface area contributed by atoms with Gasteiger partial charge in [0, 0.05) is 17.4 Å². The number of rotatable bonds is 6. The number of hydrogen-bond acceptors (Lipinski definition) is 5. The molecule has 28 heavy (non-hydrogen) atoms. The molecule has 0 aliphatic rings. The summed E-state index contributed by atoms with van der Waals surface area (Å²) in [5.41, 5.74) is 2.95. The molecule has 3 rings (SSSR count). The summed E-state index contributed by atoms with van der Waals surface area (Å²) in [6.07, 6.45) is 0.979. The highest BCUT2D eigenvalue weighted by Crippen LogP contribution is 2.27. The number of aromatic nitrogens is 2. The third kappa shape index (κ3) is 4.78. The van der Waals surface area contributed by atoms with E-state index in [9.17, 15) is 4.79 Å². The van der Waals surface area contributed by atoms with Gasteiger partial charge in [-0.25, -0.2) is 9.97 Å². The maximum Gasteiger partial charge on any atom is 0.274 e. The van der Waals surface area contributed by atoms with Crippen molar-refractivity contribution >= 4 is 34.7 Å². The number of nitrogens with one attached hydrogen (secondary N) is 2. The van der Waals surface area contributed by atoms with Gasteiger partial charge in [0.1, 0.15) is 23.1 Å². The summed E-state index contributed by atoms with van der Waals surface area (Å²) >= 11 is 6.11. The Labute approximate surface area is 168 Å². The Kier molecular flexibility index (Phi) is 6.11. The maximum absolute atomic E-state index is 12.6. The van der Waals surface area contributed by atoms with Crippen molar-refractivity contribution in [2.24, 2.45) is 0 Å². The summed E-state index contributed by atoms with van der Waals surface area (Å²) in [7, 11) is 1.54. The highest BCUT2D eigenvalue weighted by atomic mass is 35.5. The van der Waals surface area contributed by atoms with Gasteiger partial charge in [-0.15, -0.1) is 0 Å². The number of halogens is 1. The number of aryl methyl sites for hydroxylation is 2. The van der Waals surface area contributed by atoms with Crippen LogP contribution in [0.2, 0.25) is 5.02 Å². The smallest absolute Gasteiger partial charge is 0.274 e. The molecule has 144 valence electrons. The van der Waals surface area contributed by atoms with E-state index in [1.165, 1.54) is 12.7 Å². The van der Waals surface area contributed by atoms with Gasteiger partial charge in [-0.2, -0.15) is 0 Å². The minimum atomic E-state index is -0.351. The minimum Gasteiger partial charge on any atom is -0.495 e. The van der Waals surface area contributed by atoms with Crippen molar-refractivity contribution in [3.63, 3.8) is 0 Å². The van der Waals surface area contributed by atoms with Gasteiger partial charge in [-0.1, -0.05) is 30.7 Å². The molecule has 1 heterocycles. The monoisotopic (exact) mass is 396 g/mol. The van der Waals surface area contributed by atoms with Crippen molar-refractivity contribution in [1.29, 1.82) is 0 Å². The van der Waals surface area contributed by atoms with Crippen molar-refractivity contribution < 1.29 is 9.53 Å². The largest absolute Gasteiger partial charge is 0.495 e. The molecule has 0 saturated heterocycles. The fourth-order valence-corrected chi connectivity index (χ4v) is 2.92. The number of methoxy groups -OCH3 is 1. The van der Waals surface area contributed by atoms with Crippen LogP contribution in [-0.4, -0.2) is 23.0 Å². The Balaban J connectivity index is 1.77. The van der Waals surface area contributed by atoms with E-state index in [4.69, 9.17) is 16.3 Å². The SMILES string of the molecule is CCc1ccc(Nc2cc(C(=O)Nc3ccc(OC)c(Cl)c3)nc(C)n2)cc1. The summed E-state index contributed by atoms with van der Waals surface area (Å²) in [5.74, 6) is 1.23. The molecule has 0 fully saturated rings. The Morgan fingerprint density at radius 2 is 1.79 bits per heavy atom. The molecule has 3 aromatic rings. The first-order valence-corrected chi connectivity index (χ1v) is 9.23. The first kappa shape index (κ1) is 19.6. The van der Waals surface area contributed by atoms with Crippen molar-refractivity contribution in [2.45, 2.75) is 20.3 Å². The summed E-state index contributed by atoms with van der Waals surface area (Å²) in [4.78, 5) is 21.2. The van der Waals surface area contributed by atoms with Crippen LogP contribution in [-0.2, 0) is 6.42 Å². The predicted octanol–water partition coefficient (Wildman–Crippen LogP) is 5.01. The zero-order chi connectivity index (χ0) is 20.1. The van der Waals surface area contributed by atoms with Crippen LogP contribution < -0.4 is 15.4 Å². The molecule has 2 aromatic carbocycles. The van der Waals surface area contributed by atoms with Crippen molar-refractivity contribution in [3.8, 4) is 5.75 Å². The van der Waals surface area contributed by atoms with Crippen LogP contribution in [0.4, 0.5) is 17.2 Å². The molecular weight excluding hydrogens is 376 g/mol. The average Bonchev–Trinajstić information content (AvgIpc) is 2.68. The molecule has 6 nitrogen and oxygen atoms in total. The maximum atomic E-state index is 12.6. The molecule has 1 aromatic heterocycles. The van der Waals surface area contributed by atoms with Gasteiger partial charge in [0.2, 0.25) is 0 Å². The van der Waals surface area contributed by atoms with Crippen LogP contribution in [0.5, 0.6) is 5.75 Å². The molecule has 0 radical (unpaired) electrons. The van der Waals surface area contributed by atoms with Crippen LogP contribution in [0.15, 0.2) is 48.5 Å². The van der Waals surface area contributed by atoms with Crippen LogP contribution in [0, 0.1) is 6.92 Å². The zero-order valence-electron chi connectivity index (χ0n) is 15.9. The van der Waals surface area contributed by atoms with Crippen molar-refractivity contribution in [1.82, 2.24) is 9.97 Å². The molecule has 0 saturated carbocycles. The van der Waals surface area contributed by atoms with E-state index in [2.05, 4.69) is 39.7 Å². The third-order valence-electron chi connectivity index (χ3n) is 4.11. The summed E-state index contributed by atoms with van der Waals surface area (Å²) in [6, 6.07) is 14.7. The number of anilines is 3. The molecule has 0 aliphatic heterocycles. The molecule has 0 spiro atoms. The number of benzene rings is 2. The van der Waals surface area contributed by atoms with E-state index in [-0.39, 0.29) is 11.6 Å². The van der Waals surface area contributed by atoms with Crippen LogP contribution in [0.1, 0.15) is 28.8 Å². The van der Waals surface area contributed by atoms with E-state index in [1.54, 1.807) is 31.2 Å². The first-order chi connectivity index (χ1) is 13.5. The fourth-order valence-electron chi connectivity index (χ4n) is 2.66. The highest BCUT2D eigenvalue weighted by molar-refractivity contribution is 6.32. The lowest BCUT2D eigenvalue weighted by Gasteiger charge is -2.10. The second kappa shape index (κ2) is 8.71. The van der Waals surface area contributed by atoms with Crippen molar-refractivity contribution in [2.75, 3.05) is 17.7 Å². The van der Waals surface area contributed by atoms with E-state index in [0.717, 1.165) is 12.1 Å². The molecule has 7 heteroatoms. The van der Waals surface area contributed by atoms with Gasteiger partial charge < -0.3 is 15.4 Å². The number of carbonyl (C=O) groups is 1. The molecule has 0 atom stereocenters. The molecule has 0 bridgehead atoms. The molecule has 2 N–H and O–H groups in total. The Morgan fingerprint density at radius 3 is 2.43 bits per heavy atom. The molecule has 0 aliphatic carbocycles. The lowest BCUT2D eigenvalue weighted by atomic mass is 10.1. The van der Waals surface area contributed by atoms with Gasteiger partial charge in [0.05, 0.1) is 12.1 Å². The lowest BCUT2D eigenvalue weighted by Crippen LogP contribution is -2.15. The summed E-state index contributed by atoms with van der Waals surface area (Å²) < 4.78 is 5.12. The van der Waals surface area contributed by atoms with Gasteiger partial charge in [-0.05, 0) is 49.2 Å². The number of hydrogen-bond donors (Lipinski definition) is 2. The Morgan fingerprint density at radius 1 is 1.07 bits per heavy atom. The van der Waals surface area contributed by atoms with Crippen LogP contribution in [0.25, 0.3) is 0 Å².